The van der Waals surface area contributed by atoms with E-state index in [-0.39, 0.29) is 18.5 Å². The Morgan fingerprint density at radius 3 is 2.58 bits per heavy atom. The van der Waals surface area contributed by atoms with Crippen molar-refractivity contribution < 1.29 is 18.7 Å². The molecule has 26 heavy (non-hydrogen) atoms. The summed E-state index contributed by atoms with van der Waals surface area (Å²) in [5, 5.41) is 0. The summed E-state index contributed by atoms with van der Waals surface area (Å²) in [4.78, 5) is 16.2. The van der Waals surface area contributed by atoms with Crippen molar-refractivity contribution in [2.75, 3.05) is 37.9 Å². The summed E-state index contributed by atoms with van der Waals surface area (Å²) in [5.74, 6) is 1.14. The summed E-state index contributed by atoms with van der Waals surface area (Å²) in [6.45, 7) is 2.60. The highest BCUT2D eigenvalue weighted by Crippen LogP contribution is 2.32. The lowest BCUT2D eigenvalue weighted by Crippen LogP contribution is -2.48. The van der Waals surface area contributed by atoms with Gasteiger partial charge < -0.3 is 19.3 Å². The van der Waals surface area contributed by atoms with Gasteiger partial charge in [0.15, 0.2) is 11.5 Å². The molecule has 0 aliphatic carbocycles. The van der Waals surface area contributed by atoms with Gasteiger partial charge in [-0.25, -0.2) is 4.39 Å². The number of hydrogen-bond donors (Lipinski definition) is 0. The van der Waals surface area contributed by atoms with Gasteiger partial charge in [-0.15, -0.1) is 0 Å². The van der Waals surface area contributed by atoms with Crippen molar-refractivity contribution in [3.63, 3.8) is 0 Å². The van der Waals surface area contributed by atoms with E-state index >= 15 is 0 Å². The summed E-state index contributed by atoms with van der Waals surface area (Å²) in [7, 11) is 0. The normalized spacial score (nSPS) is 16.3. The molecule has 1 saturated heterocycles. The number of carbonyl (C=O) groups excluding carboxylic acids is 1. The lowest BCUT2D eigenvalue weighted by atomic mass is 10.2. The van der Waals surface area contributed by atoms with Crippen LogP contribution < -0.4 is 14.4 Å². The fourth-order valence-corrected chi connectivity index (χ4v) is 3.17. The SMILES string of the molecule is O=C(C=Cc1ccc2c(c1)OCO2)N1CCN(c2ccccc2F)CC1. The number of carbonyl (C=O) groups is 1. The first-order valence-electron chi connectivity index (χ1n) is 8.57. The third kappa shape index (κ3) is 3.35. The topological polar surface area (TPSA) is 42.0 Å². The predicted molar refractivity (Wildman–Crippen MR) is 96.8 cm³/mol. The first-order valence-corrected chi connectivity index (χ1v) is 8.57. The number of hydrogen-bond acceptors (Lipinski definition) is 4. The molecule has 0 bridgehead atoms. The van der Waals surface area contributed by atoms with E-state index in [0.29, 0.717) is 37.6 Å². The van der Waals surface area contributed by atoms with E-state index in [0.717, 1.165) is 11.3 Å². The Balaban J connectivity index is 1.36. The standard InChI is InChI=1S/C20H19FN2O3/c21-16-3-1-2-4-17(16)22-9-11-23(12-10-22)20(24)8-6-15-5-7-18-19(13-15)26-14-25-18/h1-8,13H,9-12,14H2. The first-order chi connectivity index (χ1) is 12.7. The Hall–Kier alpha value is -3.02. The molecular formula is C20H19FN2O3. The highest BCUT2D eigenvalue weighted by Gasteiger charge is 2.21. The number of benzene rings is 2. The van der Waals surface area contributed by atoms with Crippen LogP contribution in [-0.2, 0) is 4.79 Å². The molecule has 5 nitrogen and oxygen atoms in total. The van der Waals surface area contributed by atoms with Crippen molar-refractivity contribution in [2.45, 2.75) is 0 Å². The van der Waals surface area contributed by atoms with Crippen molar-refractivity contribution in [1.29, 1.82) is 0 Å². The van der Waals surface area contributed by atoms with E-state index < -0.39 is 0 Å². The van der Waals surface area contributed by atoms with Gasteiger partial charge in [-0.2, -0.15) is 0 Å². The van der Waals surface area contributed by atoms with E-state index in [2.05, 4.69) is 0 Å². The summed E-state index contributed by atoms with van der Waals surface area (Å²) < 4.78 is 24.5. The number of para-hydroxylation sites is 1. The summed E-state index contributed by atoms with van der Waals surface area (Å²) in [6.07, 6.45) is 3.34. The van der Waals surface area contributed by atoms with Crippen molar-refractivity contribution in [3.05, 3.63) is 59.9 Å². The molecule has 1 amide bonds. The molecule has 1 fully saturated rings. The predicted octanol–water partition coefficient (Wildman–Crippen LogP) is 2.92. The Morgan fingerprint density at radius 2 is 1.77 bits per heavy atom. The number of anilines is 1. The molecule has 2 aromatic rings. The monoisotopic (exact) mass is 354 g/mol. The Labute approximate surface area is 151 Å². The molecule has 0 radical (unpaired) electrons. The van der Waals surface area contributed by atoms with Crippen molar-refractivity contribution in [2.24, 2.45) is 0 Å². The van der Waals surface area contributed by atoms with E-state index in [1.54, 1.807) is 29.2 Å². The zero-order chi connectivity index (χ0) is 17.9. The van der Waals surface area contributed by atoms with Crippen LogP contribution in [0.3, 0.4) is 0 Å². The van der Waals surface area contributed by atoms with Gasteiger partial charge in [0.05, 0.1) is 5.69 Å². The van der Waals surface area contributed by atoms with E-state index in [9.17, 15) is 9.18 Å². The zero-order valence-electron chi connectivity index (χ0n) is 14.2. The quantitative estimate of drug-likeness (QED) is 0.795. The minimum Gasteiger partial charge on any atom is -0.454 e. The third-order valence-electron chi connectivity index (χ3n) is 4.60. The summed E-state index contributed by atoms with van der Waals surface area (Å²) >= 11 is 0. The van der Waals surface area contributed by atoms with E-state index in [4.69, 9.17) is 9.47 Å². The molecule has 0 aromatic heterocycles. The number of ether oxygens (including phenoxy) is 2. The van der Waals surface area contributed by atoms with Gasteiger partial charge in [0, 0.05) is 32.3 Å². The lowest BCUT2D eigenvalue weighted by Gasteiger charge is -2.35. The van der Waals surface area contributed by atoms with Crippen LogP contribution in [0.4, 0.5) is 10.1 Å². The minimum atomic E-state index is -0.227. The molecule has 2 aliphatic heterocycles. The van der Waals surface area contributed by atoms with Gasteiger partial charge in [0.1, 0.15) is 5.82 Å². The number of fused-ring (bicyclic) bond motifs is 1. The Kier molecular flexibility index (Phi) is 4.48. The first kappa shape index (κ1) is 16.4. The zero-order valence-corrected chi connectivity index (χ0v) is 14.2. The van der Waals surface area contributed by atoms with Crippen molar-refractivity contribution in [1.82, 2.24) is 4.90 Å². The van der Waals surface area contributed by atoms with Crippen LogP contribution in [-0.4, -0.2) is 43.8 Å². The van der Waals surface area contributed by atoms with Gasteiger partial charge in [0.2, 0.25) is 12.7 Å². The lowest BCUT2D eigenvalue weighted by molar-refractivity contribution is -0.126. The number of rotatable bonds is 3. The number of piperazine rings is 1. The summed E-state index contributed by atoms with van der Waals surface area (Å²) in [5.41, 5.74) is 1.48. The highest BCUT2D eigenvalue weighted by molar-refractivity contribution is 5.92. The molecule has 0 saturated carbocycles. The number of nitrogens with zero attached hydrogens (tertiary/aromatic N) is 2. The maximum absolute atomic E-state index is 13.9. The second-order valence-electron chi connectivity index (χ2n) is 6.21. The summed E-state index contributed by atoms with van der Waals surface area (Å²) in [6, 6.07) is 12.3. The molecule has 134 valence electrons. The second kappa shape index (κ2) is 7.07. The molecule has 2 heterocycles. The molecule has 0 spiro atoms. The molecule has 4 rings (SSSR count). The Bertz CT molecular complexity index is 845. The molecule has 0 atom stereocenters. The van der Waals surface area contributed by atoms with Crippen LogP contribution >= 0.6 is 0 Å². The van der Waals surface area contributed by atoms with Gasteiger partial charge in [-0.3, -0.25) is 4.79 Å². The maximum Gasteiger partial charge on any atom is 0.246 e. The number of halogens is 1. The third-order valence-corrected chi connectivity index (χ3v) is 4.60. The van der Waals surface area contributed by atoms with Gasteiger partial charge >= 0.3 is 0 Å². The van der Waals surface area contributed by atoms with Crippen LogP contribution in [0.1, 0.15) is 5.56 Å². The molecule has 2 aliphatic rings. The van der Waals surface area contributed by atoms with Crippen molar-refractivity contribution in [3.8, 4) is 11.5 Å². The van der Waals surface area contributed by atoms with E-state index in [1.165, 1.54) is 6.07 Å². The highest BCUT2D eigenvalue weighted by atomic mass is 19.1. The fourth-order valence-electron chi connectivity index (χ4n) is 3.17. The average molecular weight is 354 g/mol. The van der Waals surface area contributed by atoms with Crippen LogP contribution in [0.15, 0.2) is 48.5 Å². The molecule has 6 heteroatoms. The molecule has 0 unspecified atom stereocenters. The fraction of sp³-hybridized carbons (Fsp3) is 0.250. The van der Waals surface area contributed by atoms with Crippen LogP contribution in [0.25, 0.3) is 6.08 Å². The largest absolute Gasteiger partial charge is 0.454 e. The van der Waals surface area contributed by atoms with Crippen LogP contribution in [0.2, 0.25) is 0 Å². The van der Waals surface area contributed by atoms with Gasteiger partial charge in [-0.1, -0.05) is 18.2 Å². The smallest absolute Gasteiger partial charge is 0.246 e. The minimum absolute atomic E-state index is 0.0455. The van der Waals surface area contributed by atoms with Gasteiger partial charge in [-0.05, 0) is 35.9 Å². The molecule has 2 aromatic carbocycles. The number of amides is 1. The van der Waals surface area contributed by atoms with Crippen LogP contribution in [0.5, 0.6) is 11.5 Å². The average Bonchev–Trinajstić information content (AvgIpc) is 3.14. The van der Waals surface area contributed by atoms with Crippen LogP contribution in [0, 0.1) is 5.82 Å². The Morgan fingerprint density at radius 1 is 1.00 bits per heavy atom. The molecule has 0 N–H and O–H groups in total. The van der Waals surface area contributed by atoms with Crippen molar-refractivity contribution >= 4 is 17.7 Å². The maximum atomic E-state index is 13.9. The van der Waals surface area contributed by atoms with Gasteiger partial charge in [0.25, 0.3) is 0 Å². The van der Waals surface area contributed by atoms with E-state index in [1.807, 2.05) is 29.2 Å². The second-order valence-corrected chi connectivity index (χ2v) is 6.21. The molecular weight excluding hydrogens is 335 g/mol.